The highest BCUT2D eigenvalue weighted by Crippen LogP contribution is 2.20. The zero-order valence-electron chi connectivity index (χ0n) is 8.79. The van der Waals surface area contributed by atoms with E-state index in [9.17, 15) is 0 Å². The van der Waals surface area contributed by atoms with Crippen molar-refractivity contribution in [3.8, 4) is 0 Å². The molecule has 1 saturated carbocycles. The predicted octanol–water partition coefficient (Wildman–Crippen LogP) is 2.39. The zero-order valence-corrected chi connectivity index (χ0v) is 8.79. The molecule has 15 heavy (non-hydrogen) atoms. The van der Waals surface area contributed by atoms with Crippen molar-refractivity contribution in [3.05, 3.63) is 29.7 Å². The second-order valence-corrected chi connectivity index (χ2v) is 4.23. The number of aryl methyl sites for hydroxylation is 1. The number of nitrogens with one attached hydrogen (secondary N) is 1. The van der Waals surface area contributed by atoms with E-state index in [-0.39, 0.29) is 0 Å². The van der Waals surface area contributed by atoms with E-state index in [4.69, 9.17) is 4.42 Å². The Kier molecular flexibility index (Phi) is 1.99. The van der Waals surface area contributed by atoms with Crippen LogP contribution >= 0.6 is 0 Å². The van der Waals surface area contributed by atoms with Gasteiger partial charge < -0.3 is 9.73 Å². The van der Waals surface area contributed by atoms with Crippen LogP contribution in [0, 0.1) is 6.92 Å². The van der Waals surface area contributed by atoms with Crippen molar-refractivity contribution >= 4 is 11.1 Å². The molecule has 0 saturated heterocycles. The molecule has 1 aromatic carbocycles. The lowest BCUT2D eigenvalue weighted by Crippen LogP contribution is -2.15. The number of rotatable bonds is 3. The molecule has 0 spiro atoms. The van der Waals surface area contributed by atoms with Crippen LogP contribution in [0.4, 0.5) is 0 Å². The number of fused-ring (bicyclic) bond motifs is 1. The molecule has 2 aromatic rings. The summed E-state index contributed by atoms with van der Waals surface area (Å²) in [5.74, 6) is 0.794. The summed E-state index contributed by atoms with van der Waals surface area (Å²) in [6.45, 7) is 2.81. The molecule has 0 amide bonds. The third kappa shape index (κ3) is 1.88. The van der Waals surface area contributed by atoms with E-state index in [0.717, 1.165) is 23.5 Å². The first-order valence-electron chi connectivity index (χ1n) is 5.41. The monoisotopic (exact) mass is 202 g/mol. The molecule has 0 aliphatic heterocycles. The second kappa shape index (κ2) is 3.35. The molecule has 0 bridgehead atoms. The van der Waals surface area contributed by atoms with E-state index in [0.29, 0.717) is 6.04 Å². The van der Waals surface area contributed by atoms with Gasteiger partial charge in [-0.2, -0.15) is 0 Å². The minimum atomic E-state index is 0.696. The molecule has 1 fully saturated rings. The van der Waals surface area contributed by atoms with Crippen molar-refractivity contribution in [3.63, 3.8) is 0 Å². The molecule has 1 heterocycles. The highest BCUT2D eigenvalue weighted by molar-refractivity contribution is 5.73. The van der Waals surface area contributed by atoms with Crippen LogP contribution in [0.2, 0.25) is 0 Å². The number of oxazole rings is 1. The topological polar surface area (TPSA) is 38.1 Å². The third-order valence-corrected chi connectivity index (χ3v) is 2.71. The van der Waals surface area contributed by atoms with Crippen molar-refractivity contribution < 1.29 is 4.42 Å². The molecule has 1 aliphatic rings. The number of aromatic nitrogens is 1. The maximum atomic E-state index is 5.63. The highest BCUT2D eigenvalue weighted by Gasteiger charge is 2.20. The van der Waals surface area contributed by atoms with Crippen LogP contribution in [0.5, 0.6) is 0 Å². The average molecular weight is 202 g/mol. The molecule has 1 aromatic heterocycles. The van der Waals surface area contributed by atoms with Gasteiger partial charge in [-0.25, -0.2) is 4.98 Å². The molecule has 1 aliphatic carbocycles. The standard InChI is InChI=1S/C12H14N2O/c1-8-2-5-11-10(6-8)14-12(15-11)7-13-9-3-4-9/h2,5-6,9,13H,3-4,7H2,1H3. The quantitative estimate of drug-likeness (QED) is 0.830. The van der Waals surface area contributed by atoms with Crippen molar-refractivity contribution in [2.24, 2.45) is 0 Å². The fourth-order valence-electron chi connectivity index (χ4n) is 1.68. The number of benzene rings is 1. The predicted molar refractivity (Wildman–Crippen MR) is 58.6 cm³/mol. The van der Waals surface area contributed by atoms with Crippen LogP contribution in [-0.4, -0.2) is 11.0 Å². The molecule has 3 rings (SSSR count). The van der Waals surface area contributed by atoms with Gasteiger partial charge in [-0.1, -0.05) is 6.07 Å². The Morgan fingerprint density at radius 3 is 3.13 bits per heavy atom. The van der Waals surface area contributed by atoms with Gasteiger partial charge in [0.2, 0.25) is 5.89 Å². The van der Waals surface area contributed by atoms with Gasteiger partial charge in [-0.15, -0.1) is 0 Å². The summed E-state index contributed by atoms with van der Waals surface area (Å²) in [4.78, 5) is 4.44. The Morgan fingerprint density at radius 2 is 2.33 bits per heavy atom. The first-order valence-corrected chi connectivity index (χ1v) is 5.41. The van der Waals surface area contributed by atoms with Crippen LogP contribution in [0.25, 0.3) is 11.1 Å². The van der Waals surface area contributed by atoms with Crippen LogP contribution in [0.15, 0.2) is 22.6 Å². The van der Waals surface area contributed by atoms with Crippen molar-refractivity contribution in [1.29, 1.82) is 0 Å². The van der Waals surface area contributed by atoms with Crippen LogP contribution in [0.1, 0.15) is 24.3 Å². The summed E-state index contributed by atoms with van der Waals surface area (Å²) in [5, 5.41) is 3.39. The largest absolute Gasteiger partial charge is 0.439 e. The number of hydrogen-bond donors (Lipinski definition) is 1. The summed E-state index contributed by atoms with van der Waals surface area (Å²) in [6.07, 6.45) is 2.58. The minimum absolute atomic E-state index is 0.696. The third-order valence-electron chi connectivity index (χ3n) is 2.71. The fourth-order valence-corrected chi connectivity index (χ4v) is 1.68. The van der Waals surface area contributed by atoms with Gasteiger partial charge in [0, 0.05) is 6.04 Å². The van der Waals surface area contributed by atoms with Gasteiger partial charge in [0.1, 0.15) is 5.52 Å². The fraction of sp³-hybridized carbons (Fsp3) is 0.417. The van der Waals surface area contributed by atoms with E-state index in [1.165, 1.54) is 18.4 Å². The maximum absolute atomic E-state index is 5.63. The van der Waals surface area contributed by atoms with E-state index in [1.54, 1.807) is 0 Å². The average Bonchev–Trinajstić information content (AvgIpc) is 2.95. The van der Waals surface area contributed by atoms with Crippen LogP contribution in [0.3, 0.4) is 0 Å². The van der Waals surface area contributed by atoms with Gasteiger partial charge >= 0.3 is 0 Å². The van der Waals surface area contributed by atoms with Crippen LogP contribution in [-0.2, 0) is 6.54 Å². The lowest BCUT2D eigenvalue weighted by Gasteiger charge is -1.95. The Labute approximate surface area is 88.5 Å². The Morgan fingerprint density at radius 1 is 1.47 bits per heavy atom. The molecule has 3 heteroatoms. The SMILES string of the molecule is Cc1ccc2oc(CNC3CC3)nc2c1. The molecular formula is C12H14N2O. The molecular weight excluding hydrogens is 188 g/mol. The summed E-state index contributed by atoms with van der Waals surface area (Å²) >= 11 is 0. The van der Waals surface area contributed by atoms with E-state index in [1.807, 2.05) is 12.1 Å². The molecule has 78 valence electrons. The Balaban J connectivity index is 1.84. The van der Waals surface area contributed by atoms with Crippen molar-refractivity contribution in [2.45, 2.75) is 32.4 Å². The molecule has 3 nitrogen and oxygen atoms in total. The summed E-state index contributed by atoms with van der Waals surface area (Å²) in [7, 11) is 0. The Bertz CT molecular complexity index is 485. The van der Waals surface area contributed by atoms with Gasteiger partial charge in [0.05, 0.1) is 6.54 Å². The molecule has 1 N–H and O–H groups in total. The highest BCUT2D eigenvalue weighted by atomic mass is 16.3. The second-order valence-electron chi connectivity index (χ2n) is 4.23. The lowest BCUT2D eigenvalue weighted by atomic mass is 10.2. The van der Waals surface area contributed by atoms with Crippen molar-refractivity contribution in [2.75, 3.05) is 0 Å². The molecule has 0 atom stereocenters. The molecule has 0 unspecified atom stereocenters. The van der Waals surface area contributed by atoms with Gasteiger partial charge in [0.25, 0.3) is 0 Å². The normalized spacial score (nSPS) is 16.1. The van der Waals surface area contributed by atoms with E-state index >= 15 is 0 Å². The smallest absolute Gasteiger partial charge is 0.209 e. The Hall–Kier alpha value is -1.35. The van der Waals surface area contributed by atoms with Gasteiger partial charge in [-0.05, 0) is 37.5 Å². The zero-order chi connectivity index (χ0) is 10.3. The number of hydrogen-bond acceptors (Lipinski definition) is 3. The summed E-state index contributed by atoms with van der Waals surface area (Å²) in [6, 6.07) is 6.78. The van der Waals surface area contributed by atoms with Gasteiger partial charge in [-0.3, -0.25) is 0 Å². The van der Waals surface area contributed by atoms with Gasteiger partial charge in [0.15, 0.2) is 5.58 Å². The number of nitrogens with zero attached hydrogens (tertiary/aromatic N) is 1. The van der Waals surface area contributed by atoms with E-state index in [2.05, 4.69) is 23.3 Å². The summed E-state index contributed by atoms with van der Waals surface area (Å²) in [5.41, 5.74) is 3.06. The minimum Gasteiger partial charge on any atom is -0.439 e. The van der Waals surface area contributed by atoms with E-state index < -0.39 is 0 Å². The maximum Gasteiger partial charge on any atom is 0.209 e. The lowest BCUT2D eigenvalue weighted by molar-refractivity contribution is 0.494. The summed E-state index contributed by atoms with van der Waals surface area (Å²) < 4.78 is 5.63. The first kappa shape index (κ1) is 8.92. The molecule has 0 radical (unpaired) electrons. The van der Waals surface area contributed by atoms with Crippen LogP contribution < -0.4 is 5.32 Å². The van der Waals surface area contributed by atoms with Crippen molar-refractivity contribution in [1.82, 2.24) is 10.3 Å². The first-order chi connectivity index (χ1) is 7.31.